The number of rotatable bonds is 3. The molecule has 0 spiro atoms. The molecule has 4 nitrogen and oxygen atoms in total. The van der Waals surface area contributed by atoms with Crippen molar-refractivity contribution in [3.05, 3.63) is 35.8 Å². The lowest BCUT2D eigenvalue weighted by molar-refractivity contribution is 0.0775. The third kappa shape index (κ3) is 2.31. The predicted octanol–water partition coefficient (Wildman–Crippen LogP) is 2.92. The molecule has 5 heteroatoms. The fourth-order valence-electron chi connectivity index (χ4n) is 2.31. The SMILES string of the molecule is CCN(CC)C(=O)c1cn(C(C)=O)c2cc(F)ccc12. The van der Waals surface area contributed by atoms with Crippen LogP contribution in [0.4, 0.5) is 4.39 Å². The number of hydrogen-bond donors (Lipinski definition) is 0. The number of benzene rings is 1. The highest BCUT2D eigenvalue weighted by Gasteiger charge is 2.20. The molecular weight excluding hydrogens is 259 g/mol. The molecule has 1 aromatic carbocycles. The zero-order valence-corrected chi connectivity index (χ0v) is 11.8. The second-order valence-corrected chi connectivity index (χ2v) is 4.57. The molecule has 2 rings (SSSR count). The van der Waals surface area contributed by atoms with Crippen molar-refractivity contribution in [3.8, 4) is 0 Å². The van der Waals surface area contributed by atoms with Gasteiger partial charge in [0.15, 0.2) is 0 Å². The van der Waals surface area contributed by atoms with Crippen LogP contribution in [0, 0.1) is 5.82 Å². The summed E-state index contributed by atoms with van der Waals surface area (Å²) in [4.78, 5) is 25.7. The van der Waals surface area contributed by atoms with Crippen LogP contribution in [0.5, 0.6) is 0 Å². The third-order valence-corrected chi connectivity index (χ3v) is 3.39. The minimum Gasteiger partial charge on any atom is -0.339 e. The van der Waals surface area contributed by atoms with E-state index in [4.69, 9.17) is 0 Å². The molecule has 0 aliphatic heterocycles. The molecule has 1 heterocycles. The maximum absolute atomic E-state index is 13.4. The first kappa shape index (κ1) is 14.2. The van der Waals surface area contributed by atoms with Crippen LogP contribution in [0.15, 0.2) is 24.4 Å². The summed E-state index contributed by atoms with van der Waals surface area (Å²) in [6.45, 7) is 6.35. The van der Waals surface area contributed by atoms with E-state index in [0.717, 1.165) is 0 Å². The monoisotopic (exact) mass is 276 g/mol. The smallest absolute Gasteiger partial charge is 0.256 e. The Morgan fingerprint density at radius 2 is 1.90 bits per heavy atom. The number of aromatic nitrogens is 1. The summed E-state index contributed by atoms with van der Waals surface area (Å²) in [6, 6.07) is 4.11. The van der Waals surface area contributed by atoms with E-state index in [2.05, 4.69) is 0 Å². The number of hydrogen-bond acceptors (Lipinski definition) is 2. The first-order chi connectivity index (χ1) is 9.49. The van der Waals surface area contributed by atoms with Gasteiger partial charge in [-0.05, 0) is 32.0 Å². The van der Waals surface area contributed by atoms with E-state index in [1.807, 2.05) is 13.8 Å². The number of amides is 1. The molecule has 20 heavy (non-hydrogen) atoms. The predicted molar refractivity (Wildman–Crippen MR) is 75.4 cm³/mol. The summed E-state index contributed by atoms with van der Waals surface area (Å²) in [6.07, 6.45) is 1.49. The molecule has 0 saturated heterocycles. The van der Waals surface area contributed by atoms with Gasteiger partial charge in [0.25, 0.3) is 5.91 Å². The second-order valence-electron chi connectivity index (χ2n) is 4.57. The fraction of sp³-hybridized carbons (Fsp3) is 0.333. The van der Waals surface area contributed by atoms with Gasteiger partial charge in [-0.1, -0.05) is 0 Å². The van der Waals surface area contributed by atoms with Crippen molar-refractivity contribution < 1.29 is 14.0 Å². The van der Waals surface area contributed by atoms with Crippen molar-refractivity contribution in [2.75, 3.05) is 13.1 Å². The van der Waals surface area contributed by atoms with E-state index in [9.17, 15) is 14.0 Å². The van der Waals surface area contributed by atoms with Crippen LogP contribution in [-0.2, 0) is 0 Å². The quantitative estimate of drug-likeness (QED) is 0.865. The molecule has 0 atom stereocenters. The zero-order chi connectivity index (χ0) is 14.9. The van der Waals surface area contributed by atoms with Gasteiger partial charge in [0.1, 0.15) is 5.82 Å². The van der Waals surface area contributed by atoms with Gasteiger partial charge >= 0.3 is 0 Å². The van der Waals surface area contributed by atoms with Gasteiger partial charge in [-0.25, -0.2) is 4.39 Å². The van der Waals surface area contributed by atoms with Crippen molar-refractivity contribution >= 4 is 22.7 Å². The Kier molecular flexibility index (Phi) is 3.88. The van der Waals surface area contributed by atoms with E-state index in [1.165, 1.54) is 29.8 Å². The molecule has 106 valence electrons. The molecule has 2 aromatic rings. The number of nitrogens with zero attached hydrogens (tertiary/aromatic N) is 2. The van der Waals surface area contributed by atoms with Gasteiger partial charge in [0, 0.05) is 31.6 Å². The fourth-order valence-corrected chi connectivity index (χ4v) is 2.31. The highest BCUT2D eigenvalue weighted by molar-refractivity contribution is 6.09. The van der Waals surface area contributed by atoms with E-state index in [0.29, 0.717) is 29.6 Å². The molecule has 1 aromatic heterocycles. The molecular formula is C15H17FN2O2. The highest BCUT2D eigenvalue weighted by atomic mass is 19.1. The minimum absolute atomic E-state index is 0.147. The standard InChI is InChI=1S/C15H17FN2O2/c1-4-17(5-2)15(20)13-9-18(10(3)19)14-8-11(16)6-7-12(13)14/h6-9H,4-5H2,1-3H3. The number of carbonyl (C=O) groups is 2. The van der Waals surface area contributed by atoms with Gasteiger partial charge in [0.05, 0.1) is 11.1 Å². The molecule has 0 radical (unpaired) electrons. The molecule has 0 saturated carbocycles. The normalized spacial score (nSPS) is 10.8. The summed E-state index contributed by atoms with van der Waals surface area (Å²) in [5.41, 5.74) is 0.854. The van der Waals surface area contributed by atoms with Crippen LogP contribution in [0.1, 0.15) is 35.9 Å². The molecule has 0 aliphatic carbocycles. The largest absolute Gasteiger partial charge is 0.339 e. The van der Waals surface area contributed by atoms with Crippen molar-refractivity contribution in [1.29, 1.82) is 0 Å². The van der Waals surface area contributed by atoms with Crippen molar-refractivity contribution in [2.45, 2.75) is 20.8 Å². The van der Waals surface area contributed by atoms with Crippen LogP contribution < -0.4 is 0 Å². The second kappa shape index (κ2) is 5.45. The van der Waals surface area contributed by atoms with E-state index >= 15 is 0 Å². The first-order valence-corrected chi connectivity index (χ1v) is 6.60. The number of fused-ring (bicyclic) bond motifs is 1. The number of halogens is 1. The van der Waals surface area contributed by atoms with Gasteiger partial charge in [-0.3, -0.25) is 14.2 Å². The zero-order valence-electron chi connectivity index (χ0n) is 11.8. The summed E-state index contributed by atoms with van der Waals surface area (Å²) >= 11 is 0. The Hall–Kier alpha value is -2.17. The Balaban J connectivity index is 2.65. The van der Waals surface area contributed by atoms with Gasteiger partial charge in [-0.2, -0.15) is 0 Å². The maximum atomic E-state index is 13.4. The van der Waals surface area contributed by atoms with Gasteiger partial charge < -0.3 is 4.90 Å². The van der Waals surface area contributed by atoms with Crippen molar-refractivity contribution in [3.63, 3.8) is 0 Å². The Morgan fingerprint density at radius 3 is 2.45 bits per heavy atom. The first-order valence-electron chi connectivity index (χ1n) is 6.60. The van der Waals surface area contributed by atoms with E-state index in [1.54, 1.807) is 11.0 Å². The summed E-state index contributed by atoms with van der Waals surface area (Å²) in [5, 5.41) is 0.596. The van der Waals surface area contributed by atoms with Crippen LogP contribution in [0.2, 0.25) is 0 Å². The van der Waals surface area contributed by atoms with Crippen LogP contribution in [-0.4, -0.2) is 34.4 Å². The lowest BCUT2D eigenvalue weighted by Gasteiger charge is -2.17. The molecule has 1 amide bonds. The summed E-state index contributed by atoms with van der Waals surface area (Å²) < 4.78 is 14.7. The average molecular weight is 276 g/mol. The third-order valence-electron chi connectivity index (χ3n) is 3.39. The van der Waals surface area contributed by atoms with Crippen LogP contribution in [0.3, 0.4) is 0 Å². The van der Waals surface area contributed by atoms with Crippen molar-refractivity contribution in [1.82, 2.24) is 9.47 Å². The van der Waals surface area contributed by atoms with E-state index in [-0.39, 0.29) is 11.8 Å². The van der Waals surface area contributed by atoms with Gasteiger partial charge in [-0.15, -0.1) is 0 Å². The molecule has 0 bridgehead atoms. The van der Waals surface area contributed by atoms with Gasteiger partial charge in [0.2, 0.25) is 5.91 Å². The Bertz CT molecular complexity index is 672. The average Bonchev–Trinajstić information content (AvgIpc) is 2.78. The Labute approximate surface area is 116 Å². The number of carbonyl (C=O) groups excluding carboxylic acids is 2. The lowest BCUT2D eigenvalue weighted by atomic mass is 10.1. The summed E-state index contributed by atoms with van der Waals surface area (Å²) in [5.74, 6) is -0.828. The molecule has 0 aliphatic rings. The van der Waals surface area contributed by atoms with Crippen LogP contribution in [0.25, 0.3) is 10.9 Å². The summed E-state index contributed by atoms with van der Waals surface area (Å²) in [7, 11) is 0. The molecule has 0 unspecified atom stereocenters. The molecule has 0 fully saturated rings. The van der Waals surface area contributed by atoms with E-state index < -0.39 is 5.82 Å². The highest BCUT2D eigenvalue weighted by Crippen LogP contribution is 2.24. The lowest BCUT2D eigenvalue weighted by Crippen LogP contribution is -2.30. The van der Waals surface area contributed by atoms with Crippen molar-refractivity contribution in [2.24, 2.45) is 0 Å². The molecule has 0 N–H and O–H groups in total. The maximum Gasteiger partial charge on any atom is 0.256 e. The Morgan fingerprint density at radius 1 is 1.25 bits per heavy atom. The van der Waals surface area contributed by atoms with Crippen LogP contribution >= 0.6 is 0 Å². The topological polar surface area (TPSA) is 42.3 Å². The minimum atomic E-state index is -0.431.